The Morgan fingerprint density at radius 2 is 2.06 bits per heavy atom. The van der Waals surface area contributed by atoms with Crippen molar-refractivity contribution >= 4 is 11.9 Å². The highest BCUT2D eigenvalue weighted by Crippen LogP contribution is 2.06. The van der Waals surface area contributed by atoms with E-state index in [0.29, 0.717) is 0 Å². The minimum absolute atomic E-state index is 0.151. The van der Waals surface area contributed by atoms with Crippen molar-refractivity contribution in [3.8, 4) is 0 Å². The summed E-state index contributed by atoms with van der Waals surface area (Å²) >= 11 is 0. The molecule has 0 aliphatic carbocycles. The Hall–Kier alpha value is -1.91. The zero-order chi connectivity index (χ0) is 12.1. The summed E-state index contributed by atoms with van der Waals surface area (Å²) in [6.07, 6.45) is 0.246. The highest BCUT2D eigenvalue weighted by Gasteiger charge is 2.19. The highest BCUT2D eigenvalue weighted by molar-refractivity contribution is 5.96. The first-order valence-electron chi connectivity index (χ1n) is 4.84. The Labute approximate surface area is 92.1 Å². The van der Waals surface area contributed by atoms with E-state index in [2.05, 4.69) is 5.32 Å². The summed E-state index contributed by atoms with van der Waals surface area (Å²) in [7, 11) is 0. The van der Waals surface area contributed by atoms with E-state index in [4.69, 9.17) is 5.11 Å². The van der Waals surface area contributed by atoms with Crippen molar-refractivity contribution in [1.82, 2.24) is 5.32 Å². The van der Waals surface area contributed by atoms with Crippen LogP contribution in [0.5, 0.6) is 0 Å². The van der Waals surface area contributed by atoms with Crippen LogP contribution in [0.3, 0.4) is 0 Å². The molecule has 0 spiro atoms. The average molecular weight is 225 g/mol. The fourth-order valence-electron chi connectivity index (χ4n) is 1.22. The number of hydrogen-bond acceptors (Lipinski definition) is 2. The number of nitrogens with one attached hydrogen (secondary N) is 1. The third kappa shape index (κ3) is 2.79. The van der Waals surface area contributed by atoms with E-state index >= 15 is 0 Å². The Morgan fingerprint density at radius 1 is 1.44 bits per heavy atom. The van der Waals surface area contributed by atoms with Gasteiger partial charge in [0.25, 0.3) is 5.91 Å². The van der Waals surface area contributed by atoms with E-state index in [1.165, 1.54) is 18.2 Å². The lowest BCUT2D eigenvalue weighted by atomic mass is 10.1. The van der Waals surface area contributed by atoms with Gasteiger partial charge in [-0.15, -0.1) is 0 Å². The van der Waals surface area contributed by atoms with Crippen LogP contribution in [-0.4, -0.2) is 23.0 Å². The maximum atomic E-state index is 13.2. The summed E-state index contributed by atoms with van der Waals surface area (Å²) in [5.74, 6) is -2.51. The molecule has 0 bridgehead atoms. The minimum Gasteiger partial charge on any atom is -0.480 e. The molecule has 0 aromatic heterocycles. The van der Waals surface area contributed by atoms with Gasteiger partial charge in [-0.2, -0.15) is 0 Å². The standard InChI is InChI=1S/C11H12FNO3/c1-2-9(11(15)16)13-10(14)7-5-3-4-6-8(7)12/h3-6,9H,2H2,1H3,(H,13,14)(H,15,16)/t9-/m0/s1. The number of aliphatic carboxylic acids is 1. The molecule has 0 heterocycles. The van der Waals surface area contributed by atoms with Crippen LogP contribution in [-0.2, 0) is 4.79 Å². The molecule has 4 nitrogen and oxygen atoms in total. The number of carboxylic acid groups (broad SMARTS) is 1. The van der Waals surface area contributed by atoms with Gasteiger partial charge in [-0.3, -0.25) is 4.79 Å². The summed E-state index contributed by atoms with van der Waals surface area (Å²) < 4.78 is 13.2. The van der Waals surface area contributed by atoms with Crippen LogP contribution < -0.4 is 5.32 Å². The van der Waals surface area contributed by atoms with Gasteiger partial charge in [-0.25, -0.2) is 9.18 Å². The van der Waals surface area contributed by atoms with Gasteiger partial charge >= 0.3 is 5.97 Å². The van der Waals surface area contributed by atoms with Crippen molar-refractivity contribution in [3.05, 3.63) is 35.6 Å². The lowest BCUT2D eigenvalue weighted by Crippen LogP contribution is -2.40. The second-order valence-corrected chi connectivity index (χ2v) is 3.25. The van der Waals surface area contributed by atoms with Crippen LogP contribution in [0.1, 0.15) is 23.7 Å². The molecule has 0 unspecified atom stereocenters. The van der Waals surface area contributed by atoms with Gasteiger partial charge in [0.1, 0.15) is 11.9 Å². The van der Waals surface area contributed by atoms with E-state index in [9.17, 15) is 14.0 Å². The van der Waals surface area contributed by atoms with Gasteiger partial charge < -0.3 is 10.4 Å². The Kier molecular flexibility index (Phi) is 3.99. The number of carboxylic acids is 1. The second kappa shape index (κ2) is 5.25. The molecule has 5 heteroatoms. The third-order valence-electron chi connectivity index (χ3n) is 2.13. The van der Waals surface area contributed by atoms with Crippen molar-refractivity contribution in [3.63, 3.8) is 0 Å². The van der Waals surface area contributed by atoms with Gasteiger partial charge in [0.2, 0.25) is 0 Å². The largest absolute Gasteiger partial charge is 0.480 e. The quantitative estimate of drug-likeness (QED) is 0.814. The summed E-state index contributed by atoms with van der Waals surface area (Å²) in [6.45, 7) is 1.63. The number of halogens is 1. The van der Waals surface area contributed by atoms with Gasteiger partial charge in [0, 0.05) is 0 Å². The van der Waals surface area contributed by atoms with Crippen LogP contribution in [0, 0.1) is 5.82 Å². The minimum atomic E-state index is -1.13. The molecule has 0 aliphatic heterocycles. The first-order valence-corrected chi connectivity index (χ1v) is 4.84. The lowest BCUT2D eigenvalue weighted by molar-refractivity contribution is -0.139. The van der Waals surface area contributed by atoms with Crippen LogP contribution in [0.4, 0.5) is 4.39 Å². The van der Waals surface area contributed by atoms with Crippen molar-refractivity contribution < 1.29 is 19.1 Å². The smallest absolute Gasteiger partial charge is 0.326 e. The van der Waals surface area contributed by atoms with Crippen molar-refractivity contribution in [2.75, 3.05) is 0 Å². The van der Waals surface area contributed by atoms with Crippen LogP contribution in [0.15, 0.2) is 24.3 Å². The fraction of sp³-hybridized carbons (Fsp3) is 0.273. The first-order chi connectivity index (χ1) is 7.56. The van der Waals surface area contributed by atoms with Gasteiger partial charge in [-0.1, -0.05) is 19.1 Å². The molecule has 2 N–H and O–H groups in total. The fourth-order valence-corrected chi connectivity index (χ4v) is 1.22. The van der Waals surface area contributed by atoms with Gasteiger partial charge in [-0.05, 0) is 18.6 Å². The molecule has 1 amide bonds. The summed E-state index contributed by atoms with van der Waals surface area (Å²) in [4.78, 5) is 22.2. The van der Waals surface area contributed by atoms with E-state index in [1.807, 2.05) is 0 Å². The Balaban J connectivity index is 2.80. The molecule has 1 atom stereocenters. The van der Waals surface area contributed by atoms with Crippen LogP contribution in [0.2, 0.25) is 0 Å². The Morgan fingerprint density at radius 3 is 2.56 bits per heavy atom. The first kappa shape index (κ1) is 12.2. The molecular formula is C11H12FNO3. The number of carbonyl (C=O) groups is 2. The highest BCUT2D eigenvalue weighted by atomic mass is 19.1. The molecule has 0 saturated carbocycles. The van der Waals surface area contributed by atoms with E-state index < -0.39 is 23.7 Å². The maximum Gasteiger partial charge on any atom is 0.326 e. The molecule has 16 heavy (non-hydrogen) atoms. The number of benzene rings is 1. The predicted octanol–water partition coefficient (Wildman–Crippen LogP) is 1.42. The van der Waals surface area contributed by atoms with Crippen molar-refractivity contribution in [2.24, 2.45) is 0 Å². The van der Waals surface area contributed by atoms with Crippen LogP contribution in [0.25, 0.3) is 0 Å². The molecule has 0 fully saturated rings. The molecule has 0 aliphatic rings. The number of rotatable bonds is 4. The van der Waals surface area contributed by atoms with Crippen molar-refractivity contribution in [1.29, 1.82) is 0 Å². The van der Waals surface area contributed by atoms with E-state index in [1.54, 1.807) is 6.92 Å². The third-order valence-corrected chi connectivity index (χ3v) is 2.13. The molecule has 1 aromatic rings. The molecule has 1 rings (SSSR count). The monoisotopic (exact) mass is 225 g/mol. The van der Waals surface area contributed by atoms with Gasteiger partial charge in [0.15, 0.2) is 0 Å². The molecule has 0 radical (unpaired) electrons. The zero-order valence-corrected chi connectivity index (χ0v) is 8.74. The van der Waals surface area contributed by atoms with Crippen molar-refractivity contribution in [2.45, 2.75) is 19.4 Å². The Bertz CT molecular complexity index is 406. The molecule has 1 aromatic carbocycles. The molecule has 86 valence electrons. The van der Waals surface area contributed by atoms with Gasteiger partial charge in [0.05, 0.1) is 5.56 Å². The zero-order valence-electron chi connectivity index (χ0n) is 8.74. The normalized spacial score (nSPS) is 11.9. The summed E-state index contributed by atoms with van der Waals surface area (Å²) in [5.41, 5.74) is -0.151. The van der Waals surface area contributed by atoms with E-state index in [0.717, 1.165) is 6.07 Å². The van der Waals surface area contributed by atoms with Crippen LogP contribution >= 0.6 is 0 Å². The SMILES string of the molecule is CC[C@H](NC(=O)c1ccccc1F)C(=O)O. The summed E-state index contributed by atoms with van der Waals surface area (Å²) in [6, 6.07) is 4.43. The predicted molar refractivity (Wildman–Crippen MR) is 55.6 cm³/mol. The topological polar surface area (TPSA) is 66.4 Å². The van der Waals surface area contributed by atoms with E-state index in [-0.39, 0.29) is 12.0 Å². The second-order valence-electron chi connectivity index (χ2n) is 3.25. The number of hydrogen-bond donors (Lipinski definition) is 2. The summed E-state index contributed by atoms with van der Waals surface area (Å²) in [5, 5.41) is 11.0. The lowest BCUT2D eigenvalue weighted by Gasteiger charge is -2.12. The maximum absolute atomic E-state index is 13.2. The molecule has 0 saturated heterocycles. The molecular weight excluding hydrogens is 213 g/mol. The number of carbonyl (C=O) groups excluding carboxylic acids is 1. The average Bonchev–Trinajstić information content (AvgIpc) is 2.25. The number of amides is 1.